The maximum absolute atomic E-state index is 12.5. The standard InChI is InChI=1S/C25H34N4O/c1-28(16-21-9-6-12-26-14-21)25(30)11-5-10-24-23-13-22(15-27-24)18-29(19-23)17-20-7-3-2-4-8-20/h2-4,6-9,12,14,22-24,27H,5,10-11,13,15-19H2,1H3. The lowest BCUT2D eigenvalue weighted by atomic mass is 9.79. The topological polar surface area (TPSA) is 48.5 Å². The van der Waals surface area contributed by atoms with Crippen LogP contribution in [0.5, 0.6) is 0 Å². The summed E-state index contributed by atoms with van der Waals surface area (Å²) >= 11 is 0. The SMILES string of the molecule is CN(Cc1cccnc1)C(=O)CCCC1NCC2CC1CN(Cc1ccccc1)C2. The van der Waals surface area contributed by atoms with Crippen molar-refractivity contribution in [2.45, 2.75) is 44.8 Å². The number of rotatable bonds is 8. The summed E-state index contributed by atoms with van der Waals surface area (Å²) in [4.78, 5) is 21.1. The van der Waals surface area contributed by atoms with Gasteiger partial charge < -0.3 is 10.2 Å². The highest BCUT2D eigenvalue weighted by atomic mass is 16.2. The second-order valence-corrected chi connectivity index (χ2v) is 9.06. The van der Waals surface area contributed by atoms with Crippen molar-refractivity contribution in [3.05, 3.63) is 66.0 Å². The molecule has 2 saturated heterocycles. The van der Waals surface area contributed by atoms with E-state index in [2.05, 4.69) is 45.5 Å². The third kappa shape index (κ3) is 5.67. The summed E-state index contributed by atoms with van der Waals surface area (Å²) in [5.74, 6) is 1.68. The molecular weight excluding hydrogens is 372 g/mol. The number of likely N-dealkylation sites (tertiary alicyclic amines) is 1. The molecule has 1 N–H and O–H groups in total. The molecule has 0 spiro atoms. The smallest absolute Gasteiger partial charge is 0.222 e. The van der Waals surface area contributed by atoms with Gasteiger partial charge in [-0.2, -0.15) is 0 Å². The molecule has 0 aliphatic carbocycles. The fourth-order valence-electron chi connectivity index (χ4n) is 5.10. The molecule has 0 radical (unpaired) electrons. The Labute approximate surface area is 180 Å². The van der Waals surface area contributed by atoms with Gasteiger partial charge in [0.1, 0.15) is 0 Å². The van der Waals surface area contributed by atoms with Crippen LogP contribution in [0.4, 0.5) is 0 Å². The first-order chi connectivity index (χ1) is 14.7. The van der Waals surface area contributed by atoms with Crippen molar-refractivity contribution in [3.8, 4) is 0 Å². The van der Waals surface area contributed by atoms with Gasteiger partial charge in [0.2, 0.25) is 5.91 Å². The van der Waals surface area contributed by atoms with Crippen LogP contribution in [-0.4, -0.2) is 53.4 Å². The predicted molar refractivity (Wildman–Crippen MR) is 120 cm³/mol. The van der Waals surface area contributed by atoms with Crippen molar-refractivity contribution in [1.29, 1.82) is 0 Å². The number of fused-ring (bicyclic) bond motifs is 2. The van der Waals surface area contributed by atoms with Crippen molar-refractivity contribution >= 4 is 5.91 Å². The van der Waals surface area contributed by atoms with E-state index < -0.39 is 0 Å². The summed E-state index contributed by atoms with van der Waals surface area (Å²) in [6, 6.07) is 15.3. The van der Waals surface area contributed by atoms with E-state index in [4.69, 9.17) is 0 Å². The lowest BCUT2D eigenvalue weighted by Crippen LogP contribution is -2.55. The molecular formula is C25H34N4O. The van der Waals surface area contributed by atoms with Crippen LogP contribution >= 0.6 is 0 Å². The molecule has 2 aliphatic rings. The Morgan fingerprint density at radius 1 is 1.17 bits per heavy atom. The molecule has 160 valence electrons. The van der Waals surface area contributed by atoms with E-state index >= 15 is 0 Å². The highest BCUT2D eigenvalue weighted by Crippen LogP contribution is 2.31. The van der Waals surface area contributed by atoms with Gasteiger partial charge in [-0.05, 0) is 54.8 Å². The fourth-order valence-corrected chi connectivity index (χ4v) is 5.10. The van der Waals surface area contributed by atoms with Crippen LogP contribution in [0, 0.1) is 11.8 Å². The van der Waals surface area contributed by atoms with Gasteiger partial charge in [0.05, 0.1) is 0 Å². The molecule has 30 heavy (non-hydrogen) atoms. The molecule has 1 aromatic carbocycles. The van der Waals surface area contributed by atoms with Gasteiger partial charge in [-0.15, -0.1) is 0 Å². The second kappa shape index (κ2) is 10.2. The van der Waals surface area contributed by atoms with Crippen LogP contribution in [0.2, 0.25) is 0 Å². The molecule has 3 heterocycles. The Morgan fingerprint density at radius 2 is 2.00 bits per heavy atom. The number of amides is 1. The molecule has 2 bridgehead atoms. The molecule has 3 atom stereocenters. The van der Waals surface area contributed by atoms with Crippen LogP contribution in [0.15, 0.2) is 54.9 Å². The van der Waals surface area contributed by atoms with Gasteiger partial charge in [-0.25, -0.2) is 0 Å². The monoisotopic (exact) mass is 406 g/mol. The summed E-state index contributed by atoms with van der Waals surface area (Å²) in [6.45, 7) is 5.16. The highest BCUT2D eigenvalue weighted by molar-refractivity contribution is 5.75. The number of piperidine rings is 2. The molecule has 4 rings (SSSR count). The molecule has 2 aliphatic heterocycles. The van der Waals surface area contributed by atoms with E-state index in [1.54, 1.807) is 6.20 Å². The van der Waals surface area contributed by atoms with Crippen LogP contribution in [-0.2, 0) is 17.9 Å². The van der Waals surface area contributed by atoms with Crippen molar-refractivity contribution in [2.75, 3.05) is 26.7 Å². The average Bonchev–Trinajstić information content (AvgIpc) is 2.76. The zero-order valence-electron chi connectivity index (χ0n) is 18.0. The lowest BCUT2D eigenvalue weighted by Gasteiger charge is -2.46. The normalized spacial score (nSPS) is 23.8. The third-order valence-corrected chi connectivity index (χ3v) is 6.61. The Bertz CT molecular complexity index is 797. The molecule has 3 unspecified atom stereocenters. The zero-order valence-corrected chi connectivity index (χ0v) is 18.0. The number of nitrogens with zero attached hydrogens (tertiary/aromatic N) is 3. The van der Waals surface area contributed by atoms with Gasteiger partial charge >= 0.3 is 0 Å². The van der Waals surface area contributed by atoms with Crippen LogP contribution in [0.25, 0.3) is 0 Å². The zero-order chi connectivity index (χ0) is 20.8. The van der Waals surface area contributed by atoms with E-state index in [-0.39, 0.29) is 5.91 Å². The maximum Gasteiger partial charge on any atom is 0.222 e. The first-order valence-corrected chi connectivity index (χ1v) is 11.3. The number of hydrogen-bond donors (Lipinski definition) is 1. The second-order valence-electron chi connectivity index (χ2n) is 9.06. The first kappa shape index (κ1) is 21.0. The number of carbonyl (C=O) groups is 1. The number of hydrogen-bond acceptors (Lipinski definition) is 4. The van der Waals surface area contributed by atoms with Crippen LogP contribution in [0.3, 0.4) is 0 Å². The molecule has 0 saturated carbocycles. The van der Waals surface area contributed by atoms with Crippen LogP contribution < -0.4 is 5.32 Å². The van der Waals surface area contributed by atoms with E-state index in [1.165, 1.54) is 18.5 Å². The Morgan fingerprint density at radius 3 is 2.80 bits per heavy atom. The molecule has 1 aromatic heterocycles. The highest BCUT2D eigenvalue weighted by Gasteiger charge is 2.36. The number of benzene rings is 1. The average molecular weight is 407 g/mol. The minimum Gasteiger partial charge on any atom is -0.341 e. The van der Waals surface area contributed by atoms with Crippen molar-refractivity contribution in [1.82, 2.24) is 20.1 Å². The predicted octanol–water partition coefficient (Wildman–Crippen LogP) is 3.32. The number of carbonyl (C=O) groups excluding carboxylic acids is 1. The van der Waals surface area contributed by atoms with Crippen molar-refractivity contribution < 1.29 is 4.79 Å². The summed E-state index contributed by atoms with van der Waals surface area (Å²) in [7, 11) is 1.89. The number of aromatic nitrogens is 1. The van der Waals surface area contributed by atoms with Crippen LogP contribution in [0.1, 0.15) is 36.8 Å². The summed E-state index contributed by atoms with van der Waals surface area (Å²) in [6.07, 6.45) is 7.59. The lowest BCUT2D eigenvalue weighted by molar-refractivity contribution is -0.130. The molecule has 5 heteroatoms. The maximum atomic E-state index is 12.5. The van der Waals surface area contributed by atoms with E-state index in [0.29, 0.717) is 24.9 Å². The molecule has 1 amide bonds. The van der Waals surface area contributed by atoms with E-state index in [0.717, 1.165) is 44.0 Å². The van der Waals surface area contributed by atoms with Gasteiger partial charge in [-0.3, -0.25) is 14.7 Å². The van der Waals surface area contributed by atoms with E-state index in [9.17, 15) is 4.79 Å². The molecule has 2 fully saturated rings. The van der Waals surface area contributed by atoms with E-state index in [1.807, 2.05) is 30.3 Å². The minimum absolute atomic E-state index is 0.224. The minimum atomic E-state index is 0.224. The fraction of sp³-hybridized carbons (Fsp3) is 0.520. The third-order valence-electron chi connectivity index (χ3n) is 6.61. The van der Waals surface area contributed by atoms with Crippen molar-refractivity contribution in [2.24, 2.45) is 11.8 Å². The largest absolute Gasteiger partial charge is 0.341 e. The number of pyridine rings is 1. The Kier molecular flexibility index (Phi) is 7.13. The Balaban J connectivity index is 1.22. The molecule has 2 aromatic rings. The van der Waals surface area contributed by atoms with Gasteiger partial charge in [0, 0.05) is 58.1 Å². The molecule has 5 nitrogen and oxygen atoms in total. The van der Waals surface area contributed by atoms with Gasteiger partial charge in [-0.1, -0.05) is 36.4 Å². The first-order valence-electron chi connectivity index (χ1n) is 11.3. The van der Waals surface area contributed by atoms with Gasteiger partial charge in [0.25, 0.3) is 0 Å². The summed E-state index contributed by atoms with van der Waals surface area (Å²) < 4.78 is 0. The van der Waals surface area contributed by atoms with Gasteiger partial charge in [0.15, 0.2) is 0 Å². The van der Waals surface area contributed by atoms with Crippen molar-refractivity contribution in [3.63, 3.8) is 0 Å². The quantitative estimate of drug-likeness (QED) is 0.731. The summed E-state index contributed by atoms with van der Waals surface area (Å²) in [5.41, 5.74) is 2.48. The Hall–Kier alpha value is -2.24. The summed E-state index contributed by atoms with van der Waals surface area (Å²) in [5, 5.41) is 3.79. The number of nitrogens with one attached hydrogen (secondary N) is 1.